The van der Waals surface area contributed by atoms with E-state index in [1.165, 1.54) is 0 Å². The number of carbonyl (C=O) groups is 1. The summed E-state index contributed by atoms with van der Waals surface area (Å²) in [5, 5.41) is 11.7. The van der Waals surface area contributed by atoms with Crippen LogP contribution in [-0.4, -0.2) is 26.2 Å². The maximum Gasteiger partial charge on any atom is 0.261 e. The molecule has 1 atom stereocenters. The Morgan fingerprint density at radius 1 is 1.16 bits per heavy atom. The molecular weight excluding hydrogens is 320 g/mol. The maximum absolute atomic E-state index is 12.2. The third-order valence-electron chi connectivity index (χ3n) is 3.56. The predicted octanol–water partition coefficient (Wildman–Crippen LogP) is 2.66. The predicted molar refractivity (Wildman–Crippen MR) is 92.6 cm³/mol. The fourth-order valence-corrected chi connectivity index (χ4v) is 2.22. The van der Waals surface area contributed by atoms with E-state index in [9.17, 15) is 4.79 Å². The first-order chi connectivity index (χ1) is 12.1. The largest absolute Gasteiger partial charge is 0.493 e. The van der Waals surface area contributed by atoms with E-state index in [4.69, 9.17) is 19.5 Å². The Kier molecular flexibility index (Phi) is 6.24. The van der Waals surface area contributed by atoms with Crippen LogP contribution in [0, 0.1) is 11.3 Å². The van der Waals surface area contributed by atoms with Gasteiger partial charge in [-0.3, -0.25) is 4.79 Å². The number of hydrogen-bond acceptors (Lipinski definition) is 5. The Labute approximate surface area is 146 Å². The maximum atomic E-state index is 12.2. The molecule has 0 aliphatic heterocycles. The lowest BCUT2D eigenvalue weighted by Gasteiger charge is -2.15. The summed E-state index contributed by atoms with van der Waals surface area (Å²) in [4.78, 5) is 12.2. The molecule has 2 rings (SSSR count). The topological polar surface area (TPSA) is 80.6 Å². The van der Waals surface area contributed by atoms with Crippen molar-refractivity contribution in [1.29, 1.82) is 5.26 Å². The van der Waals surface area contributed by atoms with Crippen molar-refractivity contribution in [1.82, 2.24) is 5.32 Å². The van der Waals surface area contributed by atoms with Crippen LogP contribution in [0.4, 0.5) is 0 Å². The zero-order valence-electron chi connectivity index (χ0n) is 14.4. The molecule has 0 unspecified atom stereocenters. The van der Waals surface area contributed by atoms with Crippen LogP contribution in [0.25, 0.3) is 0 Å². The second kappa shape index (κ2) is 8.60. The van der Waals surface area contributed by atoms with Crippen LogP contribution in [-0.2, 0) is 11.3 Å². The van der Waals surface area contributed by atoms with E-state index < -0.39 is 6.10 Å². The molecule has 1 N–H and O–H groups in total. The van der Waals surface area contributed by atoms with Gasteiger partial charge in [-0.05, 0) is 42.8 Å². The lowest BCUT2D eigenvalue weighted by molar-refractivity contribution is -0.127. The zero-order valence-corrected chi connectivity index (χ0v) is 14.4. The van der Waals surface area contributed by atoms with Crippen molar-refractivity contribution < 1.29 is 19.0 Å². The van der Waals surface area contributed by atoms with Gasteiger partial charge < -0.3 is 19.5 Å². The molecule has 0 heterocycles. The van der Waals surface area contributed by atoms with Crippen molar-refractivity contribution in [3.63, 3.8) is 0 Å². The Hall–Kier alpha value is -3.20. The van der Waals surface area contributed by atoms with E-state index in [0.717, 1.165) is 5.56 Å². The fraction of sp³-hybridized carbons (Fsp3) is 0.263. The highest BCUT2D eigenvalue weighted by Crippen LogP contribution is 2.27. The highest BCUT2D eigenvalue weighted by molar-refractivity contribution is 5.80. The molecular formula is C19H20N2O4. The van der Waals surface area contributed by atoms with Crippen molar-refractivity contribution in [3.8, 4) is 23.3 Å². The first-order valence-electron chi connectivity index (χ1n) is 7.72. The van der Waals surface area contributed by atoms with Crippen LogP contribution < -0.4 is 19.5 Å². The molecule has 0 spiro atoms. The summed E-state index contributed by atoms with van der Waals surface area (Å²) in [6.07, 6.45) is -0.686. The molecule has 2 aromatic carbocycles. The van der Waals surface area contributed by atoms with Gasteiger partial charge in [-0.25, -0.2) is 0 Å². The molecule has 6 nitrogen and oxygen atoms in total. The fourth-order valence-electron chi connectivity index (χ4n) is 2.22. The number of amides is 1. The van der Waals surface area contributed by atoms with Crippen LogP contribution in [0.3, 0.4) is 0 Å². The smallest absolute Gasteiger partial charge is 0.261 e. The van der Waals surface area contributed by atoms with Gasteiger partial charge in [-0.15, -0.1) is 0 Å². The molecule has 1 amide bonds. The average molecular weight is 340 g/mol. The summed E-state index contributed by atoms with van der Waals surface area (Å²) in [5.41, 5.74) is 1.36. The molecule has 0 bridgehead atoms. The number of hydrogen-bond donors (Lipinski definition) is 1. The third kappa shape index (κ3) is 4.88. The van der Waals surface area contributed by atoms with Crippen LogP contribution in [0.15, 0.2) is 42.5 Å². The number of rotatable bonds is 7. The van der Waals surface area contributed by atoms with Crippen LogP contribution >= 0.6 is 0 Å². The molecule has 0 fully saturated rings. The molecule has 0 saturated carbocycles. The zero-order chi connectivity index (χ0) is 18.2. The molecule has 0 radical (unpaired) electrons. The van der Waals surface area contributed by atoms with Gasteiger partial charge in [0, 0.05) is 6.54 Å². The van der Waals surface area contributed by atoms with E-state index in [1.807, 2.05) is 12.1 Å². The normalized spacial score (nSPS) is 11.1. The molecule has 6 heteroatoms. The van der Waals surface area contributed by atoms with Gasteiger partial charge >= 0.3 is 0 Å². The number of methoxy groups -OCH3 is 2. The average Bonchev–Trinajstić information content (AvgIpc) is 2.65. The van der Waals surface area contributed by atoms with E-state index in [2.05, 4.69) is 5.32 Å². The lowest BCUT2D eigenvalue weighted by atomic mass is 10.2. The van der Waals surface area contributed by atoms with Crippen molar-refractivity contribution >= 4 is 5.91 Å². The van der Waals surface area contributed by atoms with Gasteiger partial charge in [-0.1, -0.05) is 12.1 Å². The summed E-state index contributed by atoms with van der Waals surface area (Å²) < 4.78 is 16.0. The summed E-state index contributed by atoms with van der Waals surface area (Å²) in [5.74, 6) is 1.46. The Morgan fingerprint density at radius 3 is 2.60 bits per heavy atom. The van der Waals surface area contributed by atoms with Gasteiger partial charge in [0.2, 0.25) is 0 Å². The number of carbonyl (C=O) groups excluding carboxylic acids is 1. The number of ether oxygens (including phenoxy) is 3. The Balaban J connectivity index is 1.94. The molecule has 0 aliphatic carbocycles. The van der Waals surface area contributed by atoms with E-state index in [1.54, 1.807) is 57.5 Å². The summed E-state index contributed by atoms with van der Waals surface area (Å²) in [6, 6.07) is 14.2. The Bertz CT molecular complexity index is 783. The molecule has 0 aliphatic rings. The van der Waals surface area contributed by atoms with Crippen LogP contribution in [0.1, 0.15) is 18.1 Å². The third-order valence-corrected chi connectivity index (χ3v) is 3.56. The van der Waals surface area contributed by atoms with E-state index in [0.29, 0.717) is 29.4 Å². The number of benzene rings is 2. The van der Waals surface area contributed by atoms with Crippen molar-refractivity contribution in [3.05, 3.63) is 53.6 Å². The number of nitriles is 1. The molecule has 0 aromatic heterocycles. The first-order valence-corrected chi connectivity index (χ1v) is 7.72. The second-order valence-corrected chi connectivity index (χ2v) is 5.31. The Morgan fingerprint density at radius 2 is 1.92 bits per heavy atom. The number of nitrogens with zero attached hydrogens (tertiary/aromatic N) is 1. The molecule has 130 valence electrons. The van der Waals surface area contributed by atoms with E-state index in [-0.39, 0.29) is 5.91 Å². The standard InChI is InChI=1S/C19H20N2O4/c1-13(25-16-6-4-5-14(9-16)11-20)19(22)21-12-15-7-8-17(23-2)18(10-15)24-3/h4-10,13H,12H2,1-3H3,(H,21,22)/t13-/m0/s1. The van der Waals surface area contributed by atoms with Crippen molar-refractivity contribution in [2.24, 2.45) is 0 Å². The molecule has 2 aromatic rings. The summed E-state index contributed by atoms with van der Waals surface area (Å²) >= 11 is 0. The minimum Gasteiger partial charge on any atom is -0.493 e. The van der Waals surface area contributed by atoms with Crippen LogP contribution in [0.5, 0.6) is 17.2 Å². The molecule has 25 heavy (non-hydrogen) atoms. The molecule has 0 saturated heterocycles. The van der Waals surface area contributed by atoms with Gasteiger partial charge in [0.05, 0.1) is 25.9 Å². The number of nitrogens with one attached hydrogen (secondary N) is 1. The first kappa shape index (κ1) is 18.1. The monoisotopic (exact) mass is 340 g/mol. The van der Waals surface area contributed by atoms with Gasteiger partial charge in [-0.2, -0.15) is 5.26 Å². The highest BCUT2D eigenvalue weighted by atomic mass is 16.5. The van der Waals surface area contributed by atoms with Crippen molar-refractivity contribution in [2.45, 2.75) is 19.6 Å². The lowest BCUT2D eigenvalue weighted by Crippen LogP contribution is -2.35. The van der Waals surface area contributed by atoms with Crippen molar-refractivity contribution in [2.75, 3.05) is 14.2 Å². The highest BCUT2D eigenvalue weighted by Gasteiger charge is 2.15. The second-order valence-electron chi connectivity index (χ2n) is 5.31. The van der Waals surface area contributed by atoms with Gasteiger partial charge in [0.15, 0.2) is 17.6 Å². The minimum atomic E-state index is -0.686. The minimum absolute atomic E-state index is 0.253. The van der Waals surface area contributed by atoms with Crippen LogP contribution in [0.2, 0.25) is 0 Å². The van der Waals surface area contributed by atoms with Gasteiger partial charge in [0.25, 0.3) is 5.91 Å². The van der Waals surface area contributed by atoms with E-state index >= 15 is 0 Å². The SMILES string of the molecule is COc1ccc(CNC(=O)[C@H](C)Oc2cccc(C#N)c2)cc1OC. The van der Waals surface area contributed by atoms with Gasteiger partial charge in [0.1, 0.15) is 5.75 Å². The summed E-state index contributed by atoms with van der Waals surface area (Å²) in [7, 11) is 3.13. The quantitative estimate of drug-likeness (QED) is 0.838. The summed E-state index contributed by atoms with van der Waals surface area (Å²) in [6.45, 7) is 1.99.